The van der Waals surface area contributed by atoms with E-state index in [0.29, 0.717) is 13.2 Å². The molecular formula is C13H17NO4S. The van der Waals surface area contributed by atoms with E-state index in [2.05, 4.69) is 5.32 Å². The van der Waals surface area contributed by atoms with Gasteiger partial charge < -0.3 is 15.2 Å². The number of hydrogen-bond donors (Lipinski definition) is 2. The monoisotopic (exact) mass is 283 g/mol. The zero-order chi connectivity index (χ0) is 13.8. The minimum Gasteiger partial charge on any atom is -0.481 e. The Morgan fingerprint density at radius 3 is 2.95 bits per heavy atom. The Bertz CT molecular complexity index is 446. The van der Waals surface area contributed by atoms with Crippen LogP contribution in [-0.4, -0.2) is 36.2 Å². The summed E-state index contributed by atoms with van der Waals surface area (Å²) < 4.78 is 5.10. The van der Waals surface area contributed by atoms with Gasteiger partial charge in [0.2, 0.25) is 0 Å². The van der Waals surface area contributed by atoms with Gasteiger partial charge in [-0.05, 0) is 18.4 Å². The minimum atomic E-state index is -0.904. The van der Waals surface area contributed by atoms with Gasteiger partial charge in [-0.15, -0.1) is 11.3 Å². The first-order chi connectivity index (χ1) is 9.13. The molecule has 1 aromatic rings. The van der Waals surface area contributed by atoms with Crippen LogP contribution in [0.1, 0.15) is 24.1 Å². The Labute approximate surface area is 115 Å². The van der Waals surface area contributed by atoms with Crippen molar-refractivity contribution in [3.05, 3.63) is 22.4 Å². The van der Waals surface area contributed by atoms with Gasteiger partial charge in [-0.25, -0.2) is 0 Å². The molecule has 5 nitrogen and oxygen atoms in total. The van der Waals surface area contributed by atoms with Crippen molar-refractivity contribution in [2.45, 2.75) is 25.3 Å². The van der Waals surface area contributed by atoms with Crippen LogP contribution in [0.4, 0.5) is 0 Å². The van der Waals surface area contributed by atoms with E-state index in [9.17, 15) is 9.59 Å². The molecule has 0 saturated carbocycles. The number of carboxylic acids is 1. The highest BCUT2D eigenvalue weighted by Gasteiger charge is 2.43. The summed E-state index contributed by atoms with van der Waals surface area (Å²) in [6.07, 6.45) is -0.0641. The van der Waals surface area contributed by atoms with Crippen LogP contribution in [0.5, 0.6) is 0 Å². The lowest BCUT2D eigenvalue weighted by molar-refractivity contribution is -0.149. The third-order valence-electron chi connectivity index (χ3n) is 3.33. The van der Waals surface area contributed by atoms with Gasteiger partial charge in [-0.1, -0.05) is 6.07 Å². The van der Waals surface area contributed by atoms with Crippen molar-refractivity contribution in [1.29, 1.82) is 0 Å². The third-order valence-corrected chi connectivity index (χ3v) is 4.33. The van der Waals surface area contributed by atoms with Crippen molar-refractivity contribution in [2.75, 3.05) is 13.2 Å². The summed E-state index contributed by atoms with van der Waals surface area (Å²) >= 11 is 1.59. The van der Waals surface area contributed by atoms with Crippen LogP contribution in [-0.2, 0) is 14.3 Å². The van der Waals surface area contributed by atoms with E-state index in [4.69, 9.17) is 9.84 Å². The lowest BCUT2D eigenvalue weighted by Crippen LogP contribution is -2.35. The topological polar surface area (TPSA) is 75.6 Å². The summed E-state index contributed by atoms with van der Waals surface area (Å²) in [6, 6.07) is 3.56. The van der Waals surface area contributed by atoms with Crippen LogP contribution in [0.3, 0.4) is 0 Å². The quantitative estimate of drug-likeness (QED) is 0.800. The first-order valence-corrected chi connectivity index (χ1v) is 7.16. The number of esters is 1. The van der Waals surface area contributed by atoms with Crippen LogP contribution in [0, 0.1) is 5.92 Å². The number of hydrogen-bond acceptors (Lipinski definition) is 5. The second-order valence-electron chi connectivity index (χ2n) is 4.51. The molecule has 1 fully saturated rings. The molecular weight excluding hydrogens is 266 g/mol. The fraction of sp³-hybridized carbons (Fsp3) is 0.538. The van der Waals surface area contributed by atoms with E-state index in [1.807, 2.05) is 17.5 Å². The van der Waals surface area contributed by atoms with Gasteiger partial charge in [-0.2, -0.15) is 0 Å². The Morgan fingerprint density at radius 2 is 2.37 bits per heavy atom. The Hall–Kier alpha value is -1.40. The zero-order valence-corrected chi connectivity index (χ0v) is 11.5. The molecule has 19 heavy (non-hydrogen) atoms. The minimum absolute atomic E-state index is 0.00315. The second-order valence-corrected chi connectivity index (χ2v) is 5.49. The molecule has 0 bridgehead atoms. The van der Waals surface area contributed by atoms with Crippen molar-refractivity contribution in [3.63, 3.8) is 0 Å². The molecule has 2 rings (SSSR count). The molecule has 0 spiro atoms. The van der Waals surface area contributed by atoms with E-state index >= 15 is 0 Å². The van der Waals surface area contributed by atoms with Crippen molar-refractivity contribution in [1.82, 2.24) is 5.32 Å². The summed E-state index contributed by atoms with van der Waals surface area (Å²) in [5.74, 6) is -1.63. The number of rotatable bonds is 5. The smallest absolute Gasteiger partial charge is 0.311 e. The molecule has 0 radical (unpaired) electrons. The summed E-state index contributed by atoms with van der Waals surface area (Å²) in [6.45, 7) is 2.68. The highest BCUT2D eigenvalue weighted by atomic mass is 32.1. The van der Waals surface area contributed by atoms with Crippen LogP contribution >= 0.6 is 11.3 Å². The molecule has 2 N–H and O–H groups in total. The summed E-state index contributed by atoms with van der Waals surface area (Å²) in [5.41, 5.74) is 0. The normalized spacial score (nSPS) is 26.3. The number of carboxylic acid groups (broad SMARTS) is 1. The summed E-state index contributed by atoms with van der Waals surface area (Å²) in [4.78, 5) is 24.1. The van der Waals surface area contributed by atoms with E-state index in [1.54, 1.807) is 18.3 Å². The average Bonchev–Trinajstić information content (AvgIpc) is 2.96. The van der Waals surface area contributed by atoms with E-state index in [1.165, 1.54) is 0 Å². The van der Waals surface area contributed by atoms with Gasteiger partial charge in [0.25, 0.3) is 0 Å². The average molecular weight is 283 g/mol. The van der Waals surface area contributed by atoms with Crippen LogP contribution < -0.4 is 5.32 Å². The number of thiophene rings is 1. The van der Waals surface area contributed by atoms with Crippen LogP contribution in [0.15, 0.2) is 17.5 Å². The standard InChI is InChI=1S/C13H17NO4S/c1-2-18-13(17)12-8(10-4-3-5-19-10)7-14-9(12)6-11(15)16/h3-5,8-9,12,14H,2,6-7H2,1H3,(H,15,16)/t8-,9+,12-/m0/s1. The highest BCUT2D eigenvalue weighted by molar-refractivity contribution is 7.10. The molecule has 0 aromatic carbocycles. The molecule has 3 atom stereocenters. The van der Waals surface area contributed by atoms with Gasteiger partial charge in [0.1, 0.15) is 0 Å². The van der Waals surface area contributed by atoms with Crippen molar-refractivity contribution in [2.24, 2.45) is 5.92 Å². The summed E-state index contributed by atoms with van der Waals surface area (Å²) in [5, 5.41) is 14.0. The lowest BCUT2D eigenvalue weighted by Gasteiger charge is -2.20. The Kier molecular flexibility index (Phi) is 4.55. The van der Waals surface area contributed by atoms with Crippen molar-refractivity contribution >= 4 is 23.3 Å². The predicted octanol–water partition coefficient (Wildman–Crippen LogP) is 1.46. The molecule has 1 aliphatic heterocycles. The van der Waals surface area contributed by atoms with E-state index < -0.39 is 11.9 Å². The molecule has 0 aliphatic carbocycles. The maximum atomic E-state index is 12.1. The number of ether oxygens (including phenoxy) is 1. The fourth-order valence-corrected chi connectivity index (χ4v) is 3.42. The number of carbonyl (C=O) groups is 2. The molecule has 6 heteroatoms. The predicted molar refractivity (Wildman–Crippen MR) is 71.2 cm³/mol. The molecule has 0 unspecified atom stereocenters. The number of aliphatic carboxylic acids is 1. The van der Waals surface area contributed by atoms with Gasteiger partial charge in [0.05, 0.1) is 18.9 Å². The van der Waals surface area contributed by atoms with Crippen molar-refractivity contribution < 1.29 is 19.4 Å². The molecule has 1 saturated heterocycles. The highest BCUT2D eigenvalue weighted by Crippen LogP contribution is 2.36. The van der Waals surface area contributed by atoms with Gasteiger partial charge >= 0.3 is 11.9 Å². The van der Waals surface area contributed by atoms with E-state index in [0.717, 1.165) is 4.88 Å². The van der Waals surface area contributed by atoms with E-state index in [-0.39, 0.29) is 24.3 Å². The Balaban J connectivity index is 2.19. The SMILES string of the molecule is CCOC(=O)[C@@H]1[C@@H](CC(=O)O)NC[C@H]1c1cccs1. The molecule has 2 heterocycles. The number of carbonyl (C=O) groups excluding carboxylic acids is 1. The summed E-state index contributed by atoms with van der Waals surface area (Å²) in [7, 11) is 0. The molecule has 1 aromatic heterocycles. The molecule has 0 amide bonds. The fourth-order valence-electron chi connectivity index (χ4n) is 2.55. The zero-order valence-electron chi connectivity index (χ0n) is 10.7. The maximum Gasteiger partial charge on any atom is 0.311 e. The van der Waals surface area contributed by atoms with Crippen LogP contribution in [0.25, 0.3) is 0 Å². The molecule has 104 valence electrons. The first-order valence-electron chi connectivity index (χ1n) is 6.28. The largest absolute Gasteiger partial charge is 0.481 e. The lowest BCUT2D eigenvalue weighted by atomic mass is 9.88. The molecule has 1 aliphatic rings. The number of nitrogens with one attached hydrogen (secondary N) is 1. The van der Waals surface area contributed by atoms with Gasteiger partial charge in [-0.3, -0.25) is 9.59 Å². The maximum absolute atomic E-state index is 12.1. The third kappa shape index (κ3) is 3.13. The van der Waals surface area contributed by atoms with Crippen LogP contribution in [0.2, 0.25) is 0 Å². The second kappa shape index (κ2) is 6.16. The van der Waals surface area contributed by atoms with Crippen molar-refractivity contribution in [3.8, 4) is 0 Å². The van der Waals surface area contributed by atoms with Gasteiger partial charge in [0.15, 0.2) is 0 Å². The van der Waals surface area contributed by atoms with Gasteiger partial charge in [0, 0.05) is 23.4 Å². The Morgan fingerprint density at radius 1 is 1.58 bits per heavy atom. The first kappa shape index (κ1) is 14.0.